The number of amides is 1. The first-order valence-corrected chi connectivity index (χ1v) is 10.6. The molecule has 2 heterocycles. The van der Waals surface area contributed by atoms with Crippen LogP contribution in [0.4, 0.5) is 5.69 Å². The van der Waals surface area contributed by atoms with Crippen LogP contribution in [0.5, 0.6) is 0 Å². The molecule has 148 valence electrons. The summed E-state index contributed by atoms with van der Waals surface area (Å²) in [6.45, 7) is 8.74. The van der Waals surface area contributed by atoms with E-state index in [1.807, 2.05) is 0 Å². The smallest absolute Gasteiger partial charge is 0.225 e. The average Bonchev–Trinajstić information content (AvgIpc) is 2.75. The number of piperazine rings is 1. The van der Waals surface area contributed by atoms with Crippen LogP contribution < -0.4 is 4.90 Å². The van der Waals surface area contributed by atoms with Crippen molar-refractivity contribution in [3.63, 3.8) is 0 Å². The summed E-state index contributed by atoms with van der Waals surface area (Å²) in [6, 6.07) is 19.3. The number of aryl methyl sites for hydroxylation is 1. The molecule has 0 aromatic heterocycles. The maximum Gasteiger partial charge on any atom is 0.225 e. The molecule has 0 saturated carbocycles. The Labute approximate surface area is 168 Å². The first kappa shape index (κ1) is 19.0. The molecule has 4 rings (SSSR count). The monoisotopic (exact) mass is 377 g/mol. The quantitative estimate of drug-likeness (QED) is 0.815. The van der Waals surface area contributed by atoms with Gasteiger partial charge in [0.2, 0.25) is 5.91 Å². The summed E-state index contributed by atoms with van der Waals surface area (Å²) in [5, 5.41) is 0. The molecule has 1 amide bonds. The molecule has 4 nitrogen and oxygen atoms in total. The minimum absolute atomic E-state index is 0.206. The van der Waals surface area contributed by atoms with Gasteiger partial charge in [-0.25, -0.2) is 0 Å². The summed E-state index contributed by atoms with van der Waals surface area (Å²) in [4.78, 5) is 20.0. The molecule has 0 atom stereocenters. The highest BCUT2D eigenvalue weighted by Gasteiger charge is 2.30. The fraction of sp³-hybridized carbons (Fsp3) is 0.458. The maximum absolute atomic E-state index is 13.0. The van der Waals surface area contributed by atoms with Crippen molar-refractivity contribution in [2.75, 3.05) is 44.2 Å². The molecule has 0 bridgehead atoms. The highest BCUT2D eigenvalue weighted by molar-refractivity contribution is 5.79. The lowest BCUT2D eigenvalue weighted by Gasteiger charge is -2.39. The zero-order chi connectivity index (χ0) is 19.3. The van der Waals surface area contributed by atoms with E-state index in [9.17, 15) is 4.79 Å². The highest BCUT2D eigenvalue weighted by Crippen LogP contribution is 2.23. The van der Waals surface area contributed by atoms with Crippen molar-refractivity contribution < 1.29 is 4.79 Å². The Morgan fingerprint density at radius 2 is 1.61 bits per heavy atom. The molecule has 0 N–H and O–H groups in total. The van der Waals surface area contributed by atoms with Crippen molar-refractivity contribution in [2.45, 2.75) is 26.3 Å². The van der Waals surface area contributed by atoms with Crippen molar-refractivity contribution >= 4 is 11.6 Å². The molecule has 4 heteroatoms. The molecule has 0 unspecified atom stereocenters. The molecule has 2 aliphatic heterocycles. The Morgan fingerprint density at radius 3 is 2.29 bits per heavy atom. The molecule has 0 spiro atoms. The number of rotatable bonds is 4. The predicted octanol–water partition coefficient (Wildman–Crippen LogP) is 3.56. The predicted molar refractivity (Wildman–Crippen MR) is 114 cm³/mol. The number of nitrogens with zero attached hydrogens (tertiary/aromatic N) is 3. The zero-order valence-corrected chi connectivity index (χ0v) is 16.9. The van der Waals surface area contributed by atoms with Crippen LogP contribution in [-0.4, -0.2) is 55.0 Å². The second-order valence-electron chi connectivity index (χ2n) is 8.19. The second kappa shape index (κ2) is 8.78. The number of carbonyl (C=O) groups excluding carboxylic acids is 1. The van der Waals surface area contributed by atoms with E-state index in [1.165, 1.54) is 16.8 Å². The largest absolute Gasteiger partial charge is 0.368 e. The number of piperidine rings is 1. The van der Waals surface area contributed by atoms with E-state index in [2.05, 4.69) is 76.2 Å². The van der Waals surface area contributed by atoms with Gasteiger partial charge in [0, 0.05) is 44.3 Å². The van der Waals surface area contributed by atoms with E-state index in [0.29, 0.717) is 5.91 Å². The van der Waals surface area contributed by atoms with Crippen LogP contribution in [0.15, 0.2) is 54.6 Å². The topological polar surface area (TPSA) is 26.8 Å². The second-order valence-corrected chi connectivity index (χ2v) is 8.19. The van der Waals surface area contributed by atoms with Crippen LogP contribution in [0.1, 0.15) is 24.0 Å². The SMILES string of the molecule is Cc1cccc(CN2CCC(C(=O)N3CCN(c4ccccc4)CC3)CC2)c1. The van der Waals surface area contributed by atoms with Gasteiger partial charge in [0.25, 0.3) is 0 Å². The lowest BCUT2D eigenvalue weighted by Crippen LogP contribution is -2.51. The van der Waals surface area contributed by atoms with E-state index in [4.69, 9.17) is 0 Å². The van der Waals surface area contributed by atoms with E-state index in [-0.39, 0.29) is 5.92 Å². The van der Waals surface area contributed by atoms with Gasteiger partial charge in [-0.2, -0.15) is 0 Å². The van der Waals surface area contributed by atoms with Crippen LogP contribution in [0.25, 0.3) is 0 Å². The van der Waals surface area contributed by atoms with Crippen molar-refractivity contribution in [3.8, 4) is 0 Å². The summed E-state index contributed by atoms with van der Waals surface area (Å²) in [5.74, 6) is 0.583. The molecule has 28 heavy (non-hydrogen) atoms. The Bertz CT molecular complexity index is 775. The summed E-state index contributed by atoms with van der Waals surface area (Å²) in [5.41, 5.74) is 3.96. The average molecular weight is 378 g/mol. The minimum atomic E-state index is 0.206. The lowest BCUT2D eigenvalue weighted by molar-refractivity contribution is -0.137. The molecular weight excluding hydrogens is 346 g/mol. The Morgan fingerprint density at radius 1 is 0.893 bits per heavy atom. The molecule has 2 saturated heterocycles. The molecule has 2 fully saturated rings. The third-order valence-corrected chi connectivity index (χ3v) is 6.14. The van der Waals surface area contributed by atoms with Crippen LogP contribution in [-0.2, 0) is 11.3 Å². The van der Waals surface area contributed by atoms with Crippen molar-refractivity contribution in [2.24, 2.45) is 5.92 Å². The maximum atomic E-state index is 13.0. The molecule has 2 aromatic carbocycles. The van der Waals surface area contributed by atoms with Crippen LogP contribution in [0.3, 0.4) is 0 Å². The number of likely N-dealkylation sites (tertiary alicyclic amines) is 1. The number of carbonyl (C=O) groups is 1. The number of para-hydroxylation sites is 1. The van der Waals surface area contributed by atoms with Crippen molar-refractivity contribution in [3.05, 3.63) is 65.7 Å². The first-order valence-electron chi connectivity index (χ1n) is 10.6. The normalized spacial score (nSPS) is 19.0. The summed E-state index contributed by atoms with van der Waals surface area (Å²) < 4.78 is 0. The number of benzene rings is 2. The third-order valence-electron chi connectivity index (χ3n) is 6.14. The van der Waals surface area contributed by atoms with E-state index in [1.54, 1.807) is 0 Å². The van der Waals surface area contributed by atoms with Crippen molar-refractivity contribution in [1.82, 2.24) is 9.80 Å². The summed E-state index contributed by atoms with van der Waals surface area (Å²) in [7, 11) is 0. The fourth-order valence-electron chi connectivity index (χ4n) is 4.49. The lowest BCUT2D eigenvalue weighted by atomic mass is 9.94. The highest BCUT2D eigenvalue weighted by atomic mass is 16.2. The Kier molecular flexibility index (Phi) is 5.96. The summed E-state index contributed by atoms with van der Waals surface area (Å²) >= 11 is 0. The molecule has 0 radical (unpaired) electrons. The van der Waals surface area contributed by atoms with Gasteiger partial charge < -0.3 is 9.80 Å². The van der Waals surface area contributed by atoms with Gasteiger partial charge >= 0.3 is 0 Å². The standard InChI is InChI=1S/C24H31N3O/c1-20-6-5-7-21(18-20)19-25-12-10-22(11-13-25)24(28)27-16-14-26(15-17-27)23-8-3-2-4-9-23/h2-9,18,22H,10-17,19H2,1H3. The van der Waals surface area contributed by atoms with Gasteiger partial charge in [0.1, 0.15) is 0 Å². The molecular formula is C24H31N3O. The molecule has 0 aliphatic carbocycles. The first-order chi connectivity index (χ1) is 13.7. The van der Waals surface area contributed by atoms with Gasteiger partial charge in [-0.05, 0) is 50.6 Å². The Hall–Kier alpha value is -2.33. The van der Waals surface area contributed by atoms with E-state index >= 15 is 0 Å². The van der Waals surface area contributed by atoms with Gasteiger partial charge in [-0.15, -0.1) is 0 Å². The Balaban J connectivity index is 1.24. The van der Waals surface area contributed by atoms with E-state index in [0.717, 1.165) is 58.7 Å². The van der Waals surface area contributed by atoms with Gasteiger partial charge in [-0.3, -0.25) is 9.69 Å². The van der Waals surface area contributed by atoms with Gasteiger partial charge in [-0.1, -0.05) is 48.0 Å². The van der Waals surface area contributed by atoms with Crippen molar-refractivity contribution in [1.29, 1.82) is 0 Å². The molecule has 2 aromatic rings. The van der Waals surface area contributed by atoms with Crippen LogP contribution in [0.2, 0.25) is 0 Å². The van der Waals surface area contributed by atoms with Crippen LogP contribution >= 0.6 is 0 Å². The summed E-state index contributed by atoms with van der Waals surface area (Å²) in [6.07, 6.45) is 1.98. The zero-order valence-electron chi connectivity index (χ0n) is 16.9. The third kappa shape index (κ3) is 4.56. The van der Waals surface area contributed by atoms with Gasteiger partial charge in [0.05, 0.1) is 0 Å². The van der Waals surface area contributed by atoms with E-state index < -0.39 is 0 Å². The number of anilines is 1. The van der Waals surface area contributed by atoms with Gasteiger partial charge in [0.15, 0.2) is 0 Å². The molecule has 2 aliphatic rings. The number of hydrogen-bond acceptors (Lipinski definition) is 3. The fourth-order valence-corrected chi connectivity index (χ4v) is 4.49. The number of hydrogen-bond donors (Lipinski definition) is 0. The van der Waals surface area contributed by atoms with Crippen LogP contribution in [0, 0.1) is 12.8 Å². The minimum Gasteiger partial charge on any atom is -0.368 e.